The molecule has 1 heterocycles. The predicted molar refractivity (Wildman–Crippen MR) is 53.9 cm³/mol. The largest absolute Gasteiger partial charge is 0.345 e. The van der Waals surface area contributed by atoms with Crippen LogP contribution in [0.1, 0.15) is 32.6 Å². The Labute approximate surface area is 89.6 Å². The maximum atomic E-state index is 11.9. The molecule has 2 rings (SSSR count). The molecule has 0 unspecified atom stereocenters. The van der Waals surface area contributed by atoms with Crippen molar-refractivity contribution in [2.75, 3.05) is 13.1 Å². The van der Waals surface area contributed by atoms with Crippen LogP contribution in [0.4, 0.5) is 8.78 Å². The van der Waals surface area contributed by atoms with Crippen LogP contribution < -0.4 is 0 Å². The second-order valence-corrected chi connectivity index (χ2v) is 4.89. The molecule has 2 fully saturated rings. The van der Waals surface area contributed by atoms with Gasteiger partial charge in [0.15, 0.2) is 0 Å². The van der Waals surface area contributed by atoms with Crippen LogP contribution in [-0.2, 0) is 4.74 Å². The van der Waals surface area contributed by atoms with Gasteiger partial charge in [-0.2, -0.15) is 8.78 Å². The van der Waals surface area contributed by atoms with Crippen molar-refractivity contribution >= 4 is 0 Å². The fraction of sp³-hybridized carbons (Fsp3) is 1.00. The lowest BCUT2D eigenvalue weighted by atomic mass is 9.85. The summed E-state index contributed by atoms with van der Waals surface area (Å²) in [6.07, 6.45) is 4.78. The highest BCUT2D eigenvalue weighted by Crippen LogP contribution is 2.30. The predicted octanol–water partition coefficient (Wildman–Crippen LogP) is 2.49. The topological polar surface area (TPSA) is 12.5 Å². The molecule has 1 saturated heterocycles. The summed E-state index contributed by atoms with van der Waals surface area (Å²) in [6.45, 7) is 1.07. The SMILES string of the molecule is CC1CCC(N2CC(OC(F)F)C2)CC1. The second-order valence-electron chi connectivity index (χ2n) is 4.89. The third-order valence-corrected chi connectivity index (χ3v) is 3.67. The van der Waals surface area contributed by atoms with Crippen molar-refractivity contribution in [1.82, 2.24) is 4.90 Å². The molecular formula is C11H19F2NO. The molecule has 1 aliphatic heterocycles. The minimum absolute atomic E-state index is 0.232. The van der Waals surface area contributed by atoms with Gasteiger partial charge in [-0.3, -0.25) is 4.90 Å². The van der Waals surface area contributed by atoms with Crippen molar-refractivity contribution in [1.29, 1.82) is 0 Å². The van der Waals surface area contributed by atoms with Crippen LogP contribution in [-0.4, -0.2) is 36.7 Å². The van der Waals surface area contributed by atoms with Gasteiger partial charge in [-0.05, 0) is 31.6 Å². The molecule has 0 N–H and O–H groups in total. The van der Waals surface area contributed by atoms with E-state index in [4.69, 9.17) is 0 Å². The van der Waals surface area contributed by atoms with Crippen LogP contribution in [0.2, 0.25) is 0 Å². The summed E-state index contributed by atoms with van der Waals surface area (Å²) < 4.78 is 28.2. The van der Waals surface area contributed by atoms with Crippen LogP contribution >= 0.6 is 0 Å². The standard InChI is InChI=1S/C11H19F2NO/c1-8-2-4-9(5-3-8)14-6-10(7-14)15-11(12)13/h8-11H,2-7H2,1H3. The zero-order valence-corrected chi connectivity index (χ0v) is 9.16. The van der Waals surface area contributed by atoms with Crippen molar-refractivity contribution in [3.05, 3.63) is 0 Å². The first-order valence-corrected chi connectivity index (χ1v) is 5.83. The van der Waals surface area contributed by atoms with Gasteiger partial charge in [-0.15, -0.1) is 0 Å². The van der Waals surface area contributed by atoms with Gasteiger partial charge in [0.05, 0.1) is 6.10 Å². The van der Waals surface area contributed by atoms with Crippen LogP contribution in [0, 0.1) is 5.92 Å². The van der Waals surface area contributed by atoms with Crippen LogP contribution in [0.5, 0.6) is 0 Å². The molecule has 0 aromatic rings. The number of hydrogen-bond acceptors (Lipinski definition) is 2. The summed E-state index contributed by atoms with van der Waals surface area (Å²) in [5.41, 5.74) is 0. The van der Waals surface area contributed by atoms with Gasteiger partial charge < -0.3 is 4.74 Å². The molecule has 88 valence electrons. The third kappa shape index (κ3) is 2.88. The van der Waals surface area contributed by atoms with E-state index in [0.29, 0.717) is 19.1 Å². The summed E-state index contributed by atoms with van der Waals surface area (Å²) in [5, 5.41) is 0. The Morgan fingerprint density at radius 3 is 2.27 bits per heavy atom. The van der Waals surface area contributed by atoms with E-state index in [1.165, 1.54) is 25.7 Å². The zero-order valence-electron chi connectivity index (χ0n) is 9.16. The number of nitrogens with zero attached hydrogens (tertiary/aromatic N) is 1. The van der Waals surface area contributed by atoms with E-state index in [-0.39, 0.29) is 6.10 Å². The number of halogens is 2. The highest BCUT2D eigenvalue weighted by molar-refractivity contribution is 4.88. The molecule has 0 amide bonds. The Kier molecular flexibility index (Phi) is 3.57. The average Bonchev–Trinajstić information content (AvgIpc) is 2.12. The lowest BCUT2D eigenvalue weighted by Crippen LogP contribution is -2.57. The quantitative estimate of drug-likeness (QED) is 0.723. The van der Waals surface area contributed by atoms with Crippen molar-refractivity contribution < 1.29 is 13.5 Å². The van der Waals surface area contributed by atoms with Crippen molar-refractivity contribution in [2.24, 2.45) is 5.92 Å². The van der Waals surface area contributed by atoms with Crippen LogP contribution in [0.15, 0.2) is 0 Å². The smallest absolute Gasteiger partial charge is 0.317 e. The van der Waals surface area contributed by atoms with Gasteiger partial charge in [0.2, 0.25) is 0 Å². The molecular weight excluding hydrogens is 200 g/mol. The lowest BCUT2D eigenvalue weighted by molar-refractivity contribution is -0.202. The van der Waals surface area contributed by atoms with Crippen molar-refractivity contribution in [2.45, 2.75) is 51.4 Å². The van der Waals surface area contributed by atoms with Gasteiger partial charge in [-0.1, -0.05) is 6.92 Å². The average molecular weight is 219 g/mol. The second kappa shape index (κ2) is 4.74. The first kappa shape index (κ1) is 11.3. The van der Waals surface area contributed by atoms with Crippen molar-refractivity contribution in [3.63, 3.8) is 0 Å². The minimum Gasteiger partial charge on any atom is -0.317 e. The third-order valence-electron chi connectivity index (χ3n) is 3.67. The normalized spacial score (nSPS) is 34.4. The van der Waals surface area contributed by atoms with Crippen LogP contribution in [0.3, 0.4) is 0 Å². The lowest BCUT2D eigenvalue weighted by Gasteiger charge is -2.45. The summed E-state index contributed by atoms with van der Waals surface area (Å²) in [7, 11) is 0. The monoisotopic (exact) mass is 219 g/mol. The first-order valence-electron chi connectivity index (χ1n) is 5.83. The van der Waals surface area contributed by atoms with Gasteiger partial charge in [-0.25, -0.2) is 0 Å². The number of rotatable bonds is 3. The fourth-order valence-electron chi connectivity index (χ4n) is 2.61. The van der Waals surface area contributed by atoms with E-state index in [0.717, 1.165) is 5.92 Å². The Hall–Kier alpha value is -0.220. The summed E-state index contributed by atoms with van der Waals surface area (Å²) in [6, 6.07) is 0.624. The molecule has 1 aliphatic carbocycles. The van der Waals surface area contributed by atoms with Gasteiger partial charge >= 0.3 is 6.61 Å². The highest BCUT2D eigenvalue weighted by atomic mass is 19.3. The van der Waals surface area contributed by atoms with Gasteiger partial charge in [0, 0.05) is 19.1 Å². The van der Waals surface area contributed by atoms with Crippen molar-refractivity contribution in [3.8, 4) is 0 Å². The molecule has 4 heteroatoms. The summed E-state index contributed by atoms with van der Waals surface area (Å²) >= 11 is 0. The fourth-order valence-corrected chi connectivity index (χ4v) is 2.61. The van der Waals surface area contributed by atoms with E-state index in [1.807, 2.05) is 0 Å². The number of likely N-dealkylation sites (tertiary alicyclic amines) is 1. The molecule has 0 aromatic heterocycles. The molecule has 2 nitrogen and oxygen atoms in total. The Morgan fingerprint density at radius 1 is 1.13 bits per heavy atom. The summed E-state index contributed by atoms with van der Waals surface area (Å²) in [5.74, 6) is 0.843. The zero-order chi connectivity index (χ0) is 10.8. The van der Waals surface area contributed by atoms with E-state index >= 15 is 0 Å². The van der Waals surface area contributed by atoms with E-state index in [2.05, 4.69) is 16.6 Å². The van der Waals surface area contributed by atoms with Crippen LogP contribution in [0.25, 0.3) is 0 Å². The molecule has 2 aliphatic rings. The van der Waals surface area contributed by atoms with Gasteiger partial charge in [0.25, 0.3) is 0 Å². The molecule has 0 atom stereocenters. The molecule has 0 radical (unpaired) electrons. The number of hydrogen-bond donors (Lipinski definition) is 0. The van der Waals surface area contributed by atoms with E-state index < -0.39 is 6.61 Å². The molecule has 1 saturated carbocycles. The number of ether oxygens (including phenoxy) is 1. The maximum Gasteiger partial charge on any atom is 0.345 e. The Balaban J connectivity index is 1.66. The highest BCUT2D eigenvalue weighted by Gasteiger charge is 2.35. The van der Waals surface area contributed by atoms with E-state index in [9.17, 15) is 8.78 Å². The molecule has 15 heavy (non-hydrogen) atoms. The molecule has 0 bridgehead atoms. The Morgan fingerprint density at radius 2 is 1.73 bits per heavy atom. The number of alkyl halides is 2. The first-order chi connectivity index (χ1) is 7.15. The van der Waals surface area contributed by atoms with Gasteiger partial charge in [0.1, 0.15) is 0 Å². The Bertz CT molecular complexity index is 199. The minimum atomic E-state index is -2.61. The maximum absolute atomic E-state index is 11.9. The summed E-state index contributed by atoms with van der Waals surface area (Å²) in [4.78, 5) is 2.29. The van der Waals surface area contributed by atoms with E-state index in [1.54, 1.807) is 0 Å². The molecule has 0 aromatic carbocycles. The molecule has 0 spiro atoms.